The molecule has 2 unspecified atom stereocenters. The van der Waals surface area contributed by atoms with Crippen molar-refractivity contribution < 1.29 is 14.3 Å². The van der Waals surface area contributed by atoms with Crippen molar-refractivity contribution in [3.05, 3.63) is 60.1 Å². The summed E-state index contributed by atoms with van der Waals surface area (Å²) in [6, 6.07) is 13.3. The van der Waals surface area contributed by atoms with Gasteiger partial charge < -0.3 is 14.8 Å². The van der Waals surface area contributed by atoms with Crippen LogP contribution in [0.25, 0.3) is 0 Å². The highest BCUT2D eigenvalue weighted by atomic mass is 16.4. The van der Waals surface area contributed by atoms with Gasteiger partial charge in [-0.15, -0.1) is 0 Å². The zero-order valence-corrected chi connectivity index (χ0v) is 11.5. The molecular weight excluding hydrogens is 254 g/mol. The van der Waals surface area contributed by atoms with Gasteiger partial charge in [-0.2, -0.15) is 0 Å². The second kappa shape index (κ2) is 6.91. The number of aliphatic hydroxyl groups excluding tert-OH is 1. The number of furan rings is 1. The Labute approximate surface area is 118 Å². The van der Waals surface area contributed by atoms with Crippen LogP contribution in [0.5, 0.6) is 0 Å². The highest BCUT2D eigenvalue weighted by Gasteiger charge is 2.14. The lowest BCUT2D eigenvalue weighted by Crippen LogP contribution is -2.29. The van der Waals surface area contributed by atoms with Crippen LogP contribution in [0.2, 0.25) is 0 Å². The fourth-order valence-corrected chi connectivity index (χ4v) is 2.04. The number of hydrogen-bond acceptors (Lipinski definition) is 3. The third-order valence-electron chi connectivity index (χ3n) is 3.22. The molecule has 1 heterocycles. The zero-order valence-electron chi connectivity index (χ0n) is 11.5. The summed E-state index contributed by atoms with van der Waals surface area (Å²) in [5, 5.41) is 12.5. The summed E-state index contributed by atoms with van der Waals surface area (Å²) >= 11 is 0. The van der Waals surface area contributed by atoms with E-state index in [4.69, 9.17) is 4.42 Å². The molecule has 0 saturated carbocycles. The topological polar surface area (TPSA) is 62.5 Å². The maximum absolute atomic E-state index is 11.8. The molecule has 0 aliphatic heterocycles. The van der Waals surface area contributed by atoms with E-state index in [1.54, 1.807) is 12.1 Å². The van der Waals surface area contributed by atoms with E-state index in [1.165, 1.54) is 6.26 Å². The summed E-state index contributed by atoms with van der Waals surface area (Å²) in [6.45, 7) is 2.17. The number of aliphatic hydroxyl groups is 1. The van der Waals surface area contributed by atoms with Crippen LogP contribution in [0, 0.1) is 0 Å². The molecule has 4 nitrogen and oxygen atoms in total. The van der Waals surface area contributed by atoms with Crippen LogP contribution in [0.3, 0.4) is 0 Å². The van der Waals surface area contributed by atoms with Gasteiger partial charge in [0, 0.05) is 6.42 Å². The van der Waals surface area contributed by atoms with Crippen molar-refractivity contribution in [1.82, 2.24) is 5.32 Å². The second-order valence-corrected chi connectivity index (χ2v) is 4.85. The minimum absolute atomic E-state index is 0.0769. The zero-order chi connectivity index (χ0) is 14.4. The Hall–Kier alpha value is -2.07. The molecule has 2 N–H and O–H groups in total. The minimum atomic E-state index is -0.805. The van der Waals surface area contributed by atoms with Gasteiger partial charge in [0.05, 0.1) is 12.8 Å². The van der Waals surface area contributed by atoms with Crippen LogP contribution >= 0.6 is 0 Å². The van der Waals surface area contributed by atoms with Gasteiger partial charge in [-0.05, 0) is 23.6 Å². The molecule has 0 aliphatic carbocycles. The fourth-order valence-electron chi connectivity index (χ4n) is 2.04. The fraction of sp³-hybridized carbons (Fsp3) is 0.312. The van der Waals surface area contributed by atoms with E-state index < -0.39 is 6.10 Å². The Morgan fingerprint density at radius 2 is 2.00 bits per heavy atom. The van der Waals surface area contributed by atoms with Gasteiger partial charge in [-0.3, -0.25) is 4.79 Å². The minimum Gasteiger partial charge on any atom is -0.467 e. The highest BCUT2D eigenvalue weighted by molar-refractivity contribution is 5.76. The van der Waals surface area contributed by atoms with Crippen molar-refractivity contribution in [2.75, 3.05) is 6.54 Å². The quantitative estimate of drug-likeness (QED) is 0.850. The summed E-state index contributed by atoms with van der Waals surface area (Å²) in [6.07, 6.45) is 1.09. The third-order valence-corrected chi connectivity index (χ3v) is 3.22. The molecule has 0 bridgehead atoms. The van der Waals surface area contributed by atoms with Gasteiger partial charge in [0.1, 0.15) is 11.9 Å². The average Bonchev–Trinajstić information content (AvgIpc) is 3.00. The van der Waals surface area contributed by atoms with Crippen LogP contribution in [-0.2, 0) is 4.79 Å². The molecule has 0 spiro atoms. The average molecular weight is 273 g/mol. The van der Waals surface area contributed by atoms with Gasteiger partial charge in [0.2, 0.25) is 5.91 Å². The standard InChI is InChI=1S/C16H19NO3/c1-12(13-6-3-2-4-7-13)10-16(19)17-11-14(18)15-8-5-9-20-15/h2-9,12,14,18H,10-11H2,1H3,(H,17,19). The molecule has 1 amide bonds. The summed E-state index contributed by atoms with van der Waals surface area (Å²) < 4.78 is 5.08. The Balaban J connectivity index is 1.78. The number of hydrogen-bond donors (Lipinski definition) is 2. The van der Waals surface area contributed by atoms with Gasteiger partial charge in [0.15, 0.2) is 0 Å². The largest absolute Gasteiger partial charge is 0.467 e. The van der Waals surface area contributed by atoms with Crippen LogP contribution in [0.4, 0.5) is 0 Å². The first kappa shape index (κ1) is 14.3. The molecule has 2 atom stereocenters. The number of carbonyl (C=O) groups excluding carboxylic acids is 1. The number of rotatable bonds is 6. The van der Waals surface area contributed by atoms with Crippen LogP contribution in [0.1, 0.15) is 36.7 Å². The van der Waals surface area contributed by atoms with Crippen molar-refractivity contribution in [2.45, 2.75) is 25.4 Å². The lowest BCUT2D eigenvalue weighted by molar-refractivity contribution is -0.121. The van der Waals surface area contributed by atoms with Crippen molar-refractivity contribution in [3.8, 4) is 0 Å². The molecule has 0 fully saturated rings. The first-order valence-corrected chi connectivity index (χ1v) is 6.70. The van der Waals surface area contributed by atoms with Crippen molar-refractivity contribution in [3.63, 3.8) is 0 Å². The van der Waals surface area contributed by atoms with Crippen LogP contribution in [0.15, 0.2) is 53.1 Å². The molecule has 1 aromatic heterocycles. The Bertz CT molecular complexity index is 522. The van der Waals surface area contributed by atoms with Gasteiger partial charge in [0.25, 0.3) is 0 Å². The predicted molar refractivity (Wildman–Crippen MR) is 76.2 cm³/mol. The summed E-state index contributed by atoms with van der Waals surface area (Å²) in [5.41, 5.74) is 1.13. The number of nitrogens with one attached hydrogen (secondary N) is 1. The first-order chi connectivity index (χ1) is 9.66. The Kier molecular flexibility index (Phi) is 4.96. The maximum atomic E-state index is 11.8. The molecular formula is C16H19NO3. The van der Waals surface area contributed by atoms with Crippen molar-refractivity contribution in [2.24, 2.45) is 0 Å². The lowest BCUT2D eigenvalue weighted by atomic mass is 9.97. The summed E-state index contributed by atoms with van der Waals surface area (Å²) in [4.78, 5) is 11.8. The number of benzene rings is 1. The molecule has 0 radical (unpaired) electrons. The SMILES string of the molecule is CC(CC(=O)NCC(O)c1ccco1)c1ccccc1. The van der Waals surface area contributed by atoms with Gasteiger partial charge in [-0.25, -0.2) is 0 Å². The van der Waals surface area contributed by atoms with Crippen molar-refractivity contribution >= 4 is 5.91 Å². The first-order valence-electron chi connectivity index (χ1n) is 6.70. The Morgan fingerprint density at radius 3 is 2.65 bits per heavy atom. The van der Waals surface area contributed by atoms with E-state index in [1.807, 2.05) is 37.3 Å². The van der Waals surface area contributed by atoms with E-state index in [0.717, 1.165) is 5.56 Å². The monoisotopic (exact) mass is 273 g/mol. The van der Waals surface area contributed by atoms with Crippen molar-refractivity contribution in [1.29, 1.82) is 0 Å². The Morgan fingerprint density at radius 1 is 1.25 bits per heavy atom. The number of amides is 1. The smallest absolute Gasteiger partial charge is 0.220 e. The van der Waals surface area contributed by atoms with E-state index >= 15 is 0 Å². The predicted octanol–water partition coefficient (Wildman–Crippen LogP) is 2.62. The molecule has 2 aromatic rings. The molecule has 106 valence electrons. The van der Waals surface area contributed by atoms with Gasteiger partial charge >= 0.3 is 0 Å². The lowest BCUT2D eigenvalue weighted by Gasteiger charge is -2.13. The molecule has 4 heteroatoms. The molecule has 20 heavy (non-hydrogen) atoms. The van der Waals surface area contributed by atoms with E-state index in [-0.39, 0.29) is 18.4 Å². The molecule has 0 saturated heterocycles. The summed E-state index contributed by atoms with van der Waals surface area (Å²) in [7, 11) is 0. The van der Waals surface area contributed by atoms with Crippen LogP contribution in [-0.4, -0.2) is 17.6 Å². The highest BCUT2D eigenvalue weighted by Crippen LogP contribution is 2.18. The van der Waals surface area contributed by atoms with Crippen LogP contribution < -0.4 is 5.32 Å². The molecule has 1 aromatic carbocycles. The van der Waals surface area contributed by atoms with E-state index in [0.29, 0.717) is 12.2 Å². The van der Waals surface area contributed by atoms with Gasteiger partial charge in [-0.1, -0.05) is 37.3 Å². The second-order valence-electron chi connectivity index (χ2n) is 4.85. The molecule has 0 aliphatic rings. The maximum Gasteiger partial charge on any atom is 0.220 e. The van der Waals surface area contributed by atoms with E-state index in [2.05, 4.69) is 5.32 Å². The normalized spacial score (nSPS) is 13.7. The number of carbonyl (C=O) groups is 1. The summed E-state index contributed by atoms with van der Waals surface area (Å²) in [5.74, 6) is 0.533. The molecule has 2 rings (SSSR count). The third kappa shape index (κ3) is 3.96. The van der Waals surface area contributed by atoms with E-state index in [9.17, 15) is 9.90 Å².